The van der Waals surface area contributed by atoms with Gasteiger partial charge < -0.3 is 10.8 Å². The first kappa shape index (κ1) is 19.2. The third-order valence-electron chi connectivity index (χ3n) is 4.45. The van der Waals surface area contributed by atoms with Crippen molar-refractivity contribution in [1.29, 1.82) is 0 Å². The highest BCUT2D eigenvalue weighted by molar-refractivity contribution is 5.95. The molecule has 134 valence electrons. The van der Waals surface area contributed by atoms with Gasteiger partial charge in [0.2, 0.25) is 0 Å². The van der Waals surface area contributed by atoms with E-state index in [4.69, 9.17) is 5.73 Å². The molecule has 0 saturated heterocycles. The molecule has 0 spiro atoms. The van der Waals surface area contributed by atoms with Crippen molar-refractivity contribution in [3.8, 4) is 11.8 Å². The Kier molecular flexibility index (Phi) is 6.13. The zero-order chi connectivity index (χ0) is 19.2. The first-order valence-corrected chi connectivity index (χ1v) is 8.55. The number of nitrogens with zero attached hydrogens (tertiary/aromatic N) is 1. The van der Waals surface area contributed by atoms with E-state index >= 15 is 0 Å². The second-order valence-electron chi connectivity index (χ2n) is 6.09. The van der Waals surface area contributed by atoms with E-state index in [-0.39, 0.29) is 5.69 Å². The van der Waals surface area contributed by atoms with Crippen LogP contribution in [-0.4, -0.2) is 22.0 Å². The Morgan fingerprint density at radius 1 is 1.15 bits per heavy atom. The monoisotopic (exact) mass is 350 g/mol. The highest BCUT2D eigenvalue weighted by atomic mass is 16.4. The maximum Gasteiger partial charge on any atom is 0.314 e. The molecule has 26 heavy (non-hydrogen) atoms. The fourth-order valence-electron chi connectivity index (χ4n) is 3.06. The van der Waals surface area contributed by atoms with E-state index in [9.17, 15) is 14.7 Å². The lowest BCUT2D eigenvalue weighted by Crippen LogP contribution is -2.38. The number of pyridine rings is 1. The summed E-state index contributed by atoms with van der Waals surface area (Å²) in [6.45, 7) is 3.70. The maximum atomic E-state index is 12.1. The Labute approximate surface area is 153 Å². The zero-order valence-corrected chi connectivity index (χ0v) is 15.0. The van der Waals surface area contributed by atoms with Gasteiger partial charge in [-0.3, -0.25) is 9.59 Å². The Hall–Kier alpha value is -3.13. The van der Waals surface area contributed by atoms with Crippen LogP contribution in [0.4, 0.5) is 0 Å². The SMILES string of the molecule is CCCC(CC)(C(=O)O)c1cc(C#Cc2ccccc2)cnc1C(N)=O. The van der Waals surface area contributed by atoms with Crippen LogP contribution in [0.2, 0.25) is 0 Å². The summed E-state index contributed by atoms with van der Waals surface area (Å²) < 4.78 is 0. The fraction of sp³-hybridized carbons (Fsp3) is 0.286. The number of carbonyl (C=O) groups is 2. The van der Waals surface area contributed by atoms with Crippen molar-refractivity contribution in [1.82, 2.24) is 4.98 Å². The van der Waals surface area contributed by atoms with Crippen LogP contribution < -0.4 is 5.73 Å². The van der Waals surface area contributed by atoms with E-state index in [2.05, 4.69) is 16.8 Å². The summed E-state index contributed by atoms with van der Waals surface area (Å²) in [5, 5.41) is 9.90. The molecule has 0 bridgehead atoms. The van der Waals surface area contributed by atoms with Gasteiger partial charge >= 0.3 is 5.97 Å². The minimum Gasteiger partial charge on any atom is -0.481 e. The number of rotatable bonds is 6. The second kappa shape index (κ2) is 8.30. The van der Waals surface area contributed by atoms with E-state index in [0.717, 1.165) is 5.56 Å². The largest absolute Gasteiger partial charge is 0.481 e. The normalized spacial score (nSPS) is 12.5. The highest BCUT2D eigenvalue weighted by Crippen LogP contribution is 2.35. The molecule has 3 N–H and O–H groups in total. The van der Waals surface area contributed by atoms with Gasteiger partial charge in [0.1, 0.15) is 5.69 Å². The predicted molar refractivity (Wildman–Crippen MR) is 99.7 cm³/mol. The number of benzene rings is 1. The molecule has 1 aromatic heterocycles. The van der Waals surface area contributed by atoms with Crippen molar-refractivity contribution in [2.24, 2.45) is 5.73 Å². The Morgan fingerprint density at radius 3 is 2.35 bits per heavy atom. The number of aromatic nitrogens is 1. The van der Waals surface area contributed by atoms with E-state index in [1.807, 2.05) is 37.3 Å². The average molecular weight is 350 g/mol. The molecule has 0 saturated carbocycles. The van der Waals surface area contributed by atoms with E-state index < -0.39 is 17.3 Å². The van der Waals surface area contributed by atoms with Crippen molar-refractivity contribution >= 4 is 11.9 Å². The fourth-order valence-corrected chi connectivity index (χ4v) is 3.06. The van der Waals surface area contributed by atoms with E-state index in [1.54, 1.807) is 13.0 Å². The lowest BCUT2D eigenvalue weighted by molar-refractivity contribution is -0.144. The molecule has 0 aliphatic carbocycles. The lowest BCUT2D eigenvalue weighted by Gasteiger charge is -2.29. The molecule has 1 amide bonds. The summed E-state index contributed by atoms with van der Waals surface area (Å²) >= 11 is 0. The van der Waals surface area contributed by atoms with Gasteiger partial charge in [0.15, 0.2) is 0 Å². The Morgan fingerprint density at radius 2 is 1.81 bits per heavy atom. The van der Waals surface area contributed by atoms with Crippen molar-refractivity contribution < 1.29 is 14.7 Å². The number of aliphatic carboxylic acids is 1. The summed E-state index contributed by atoms with van der Waals surface area (Å²) in [6, 6.07) is 11.1. The van der Waals surface area contributed by atoms with Gasteiger partial charge in [0.25, 0.3) is 5.91 Å². The van der Waals surface area contributed by atoms with Crippen LogP contribution in [0.15, 0.2) is 42.6 Å². The van der Waals surface area contributed by atoms with Gasteiger partial charge in [-0.25, -0.2) is 4.98 Å². The average Bonchev–Trinajstić information content (AvgIpc) is 2.64. The maximum absolute atomic E-state index is 12.1. The molecule has 1 aromatic carbocycles. The van der Waals surface area contributed by atoms with Crippen LogP contribution >= 0.6 is 0 Å². The highest BCUT2D eigenvalue weighted by Gasteiger charge is 2.41. The standard InChI is InChI=1S/C21H22N2O3/c1-3-12-21(4-2,20(25)26)17-13-16(14-23-18(17)19(22)24)11-10-15-8-6-5-7-9-15/h5-9,13-14H,3-4,12H2,1-2H3,(H2,22,24)(H,25,26). The minimum absolute atomic E-state index is 0.00652. The molecular weight excluding hydrogens is 328 g/mol. The summed E-state index contributed by atoms with van der Waals surface area (Å²) in [4.78, 5) is 28.1. The first-order valence-electron chi connectivity index (χ1n) is 8.55. The zero-order valence-electron chi connectivity index (χ0n) is 15.0. The quantitative estimate of drug-likeness (QED) is 0.783. The van der Waals surface area contributed by atoms with Gasteiger partial charge in [-0.1, -0.05) is 50.3 Å². The number of nitrogens with two attached hydrogens (primary N) is 1. The van der Waals surface area contributed by atoms with Gasteiger partial charge in [-0.05, 0) is 31.0 Å². The van der Waals surface area contributed by atoms with Gasteiger partial charge in [0, 0.05) is 22.9 Å². The van der Waals surface area contributed by atoms with Crippen molar-refractivity contribution in [2.75, 3.05) is 0 Å². The molecule has 0 aliphatic heterocycles. The number of carboxylic acids is 1. The van der Waals surface area contributed by atoms with Gasteiger partial charge in [-0.2, -0.15) is 0 Å². The number of primary amides is 1. The topological polar surface area (TPSA) is 93.3 Å². The van der Waals surface area contributed by atoms with Gasteiger partial charge in [-0.15, -0.1) is 0 Å². The summed E-state index contributed by atoms with van der Waals surface area (Å²) in [7, 11) is 0. The molecule has 2 rings (SSSR count). The van der Waals surface area contributed by atoms with Crippen LogP contribution in [0.5, 0.6) is 0 Å². The Bertz CT molecular complexity index is 866. The van der Waals surface area contributed by atoms with Crippen molar-refractivity contribution in [2.45, 2.75) is 38.5 Å². The molecule has 0 radical (unpaired) electrons. The third kappa shape index (κ3) is 3.92. The summed E-state index contributed by atoms with van der Waals surface area (Å²) in [5.41, 5.74) is 5.94. The van der Waals surface area contributed by atoms with Crippen LogP contribution in [0.3, 0.4) is 0 Å². The first-order chi connectivity index (χ1) is 12.4. The molecule has 5 nitrogen and oxygen atoms in total. The van der Waals surface area contributed by atoms with Gasteiger partial charge in [0.05, 0.1) is 5.41 Å². The van der Waals surface area contributed by atoms with Crippen LogP contribution in [0.25, 0.3) is 0 Å². The van der Waals surface area contributed by atoms with Crippen LogP contribution in [-0.2, 0) is 10.2 Å². The van der Waals surface area contributed by atoms with Crippen molar-refractivity contribution in [3.63, 3.8) is 0 Å². The predicted octanol–water partition coefficient (Wildman–Crippen LogP) is 3.11. The molecular formula is C21H22N2O3. The lowest BCUT2D eigenvalue weighted by atomic mass is 9.73. The summed E-state index contributed by atoms with van der Waals surface area (Å²) in [6.07, 6.45) is 2.82. The smallest absolute Gasteiger partial charge is 0.314 e. The second-order valence-corrected chi connectivity index (χ2v) is 6.09. The number of hydrogen-bond donors (Lipinski definition) is 2. The molecule has 1 heterocycles. The number of carbonyl (C=O) groups excluding carboxylic acids is 1. The third-order valence-corrected chi connectivity index (χ3v) is 4.45. The van der Waals surface area contributed by atoms with Crippen molar-refractivity contribution in [3.05, 3.63) is 65.0 Å². The Balaban J connectivity index is 2.61. The molecule has 1 atom stereocenters. The van der Waals surface area contributed by atoms with E-state index in [1.165, 1.54) is 6.20 Å². The number of hydrogen-bond acceptors (Lipinski definition) is 3. The molecule has 1 unspecified atom stereocenters. The molecule has 5 heteroatoms. The number of carboxylic acid groups (broad SMARTS) is 1. The van der Waals surface area contributed by atoms with Crippen LogP contribution in [0, 0.1) is 11.8 Å². The van der Waals surface area contributed by atoms with Crippen LogP contribution in [0.1, 0.15) is 60.3 Å². The molecule has 2 aromatic rings. The number of amides is 1. The van der Waals surface area contributed by atoms with E-state index in [0.29, 0.717) is 30.4 Å². The minimum atomic E-state index is -1.21. The summed E-state index contributed by atoms with van der Waals surface area (Å²) in [5.74, 6) is 4.28. The molecule has 0 fully saturated rings. The molecule has 0 aliphatic rings.